The summed E-state index contributed by atoms with van der Waals surface area (Å²) in [6.45, 7) is 0. The molecule has 0 saturated carbocycles. The Morgan fingerprint density at radius 1 is 1.19 bits per heavy atom. The highest BCUT2D eigenvalue weighted by Crippen LogP contribution is 2.35. The van der Waals surface area contributed by atoms with Crippen LogP contribution in [-0.4, -0.2) is 5.91 Å². The van der Waals surface area contributed by atoms with Crippen molar-refractivity contribution >= 4 is 34.8 Å². The van der Waals surface area contributed by atoms with Crippen LogP contribution in [0.5, 0.6) is 0 Å². The molecule has 0 aliphatic carbocycles. The first-order chi connectivity index (χ1) is 9.95. The van der Waals surface area contributed by atoms with Gasteiger partial charge in [0.15, 0.2) is 0 Å². The third-order valence-corrected chi connectivity index (χ3v) is 4.04. The first kappa shape index (κ1) is 14.3. The van der Waals surface area contributed by atoms with E-state index in [9.17, 15) is 9.18 Å². The van der Waals surface area contributed by atoms with Gasteiger partial charge in [-0.05, 0) is 35.4 Å². The number of benzene rings is 2. The van der Waals surface area contributed by atoms with Crippen LogP contribution >= 0.6 is 23.2 Å². The van der Waals surface area contributed by atoms with Gasteiger partial charge in [-0.25, -0.2) is 4.39 Å². The fourth-order valence-corrected chi connectivity index (χ4v) is 2.87. The SMILES string of the molecule is NC(c1ccc(Cl)cc1F)c1cc2c(cc1Cl)NC(=O)C2. The number of rotatable bonds is 2. The second kappa shape index (κ2) is 5.30. The third kappa shape index (κ3) is 2.62. The number of amides is 1. The molecule has 2 aromatic carbocycles. The Kier molecular flexibility index (Phi) is 3.61. The van der Waals surface area contributed by atoms with Gasteiger partial charge >= 0.3 is 0 Å². The predicted octanol–water partition coefficient (Wildman–Crippen LogP) is 3.68. The molecule has 0 radical (unpaired) electrons. The Labute approximate surface area is 130 Å². The van der Waals surface area contributed by atoms with Gasteiger partial charge in [-0.15, -0.1) is 0 Å². The predicted molar refractivity (Wildman–Crippen MR) is 81.2 cm³/mol. The van der Waals surface area contributed by atoms with Gasteiger partial charge in [0.25, 0.3) is 0 Å². The molecule has 1 unspecified atom stereocenters. The molecule has 0 fully saturated rings. The molecule has 1 aliphatic heterocycles. The quantitative estimate of drug-likeness (QED) is 0.885. The molecule has 0 spiro atoms. The van der Waals surface area contributed by atoms with E-state index in [2.05, 4.69) is 5.32 Å². The summed E-state index contributed by atoms with van der Waals surface area (Å²) in [5.41, 5.74) is 8.49. The largest absolute Gasteiger partial charge is 0.325 e. The van der Waals surface area contributed by atoms with Gasteiger partial charge in [0, 0.05) is 21.3 Å². The van der Waals surface area contributed by atoms with Crippen LogP contribution in [0.15, 0.2) is 30.3 Å². The van der Waals surface area contributed by atoms with Crippen molar-refractivity contribution in [1.82, 2.24) is 0 Å². The standard InChI is InChI=1S/C15H11Cl2FN2O/c16-8-1-2-9(12(18)5-8)15(19)10-3-7-4-14(21)20-13(7)6-11(10)17/h1-3,5-6,15H,4,19H2,(H,20,21). The van der Waals surface area contributed by atoms with Crippen LogP contribution in [0, 0.1) is 5.82 Å². The summed E-state index contributed by atoms with van der Waals surface area (Å²) in [6, 6.07) is 6.99. The van der Waals surface area contributed by atoms with Crippen LogP contribution in [0.2, 0.25) is 10.0 Å². The zero-order valence-corrected chi connectivity index (χ0v) is 12.3. The molecule has 0 bridgehead atoms. The summed E-state index contributed by atoms with van der Waals surface area (Å²) < 4.78 is 14.0. The number of hydrogen-bond acceptors (Lipinski definition) is 2. The highest BCUT2D eigenvalue weighted by Gasteiger charge is 2.23. The summed E-state index contributed by atoms with van der Waals surface area (Å²) in [5.74, 6) is -0.578. The molecule has 0 saturated heterocycles. The van der Waals surface area contributed by atoms with E-state index in [-0.39, 0.29) is 12.3 Å². The Balaban J connectivity index is 2.04. The zero-order chi connectivity index (χ0) is 15.1. The number of carbonyl (C=O) groups excluding carboxylic acids is 1. The number of nitrogens with one attached hydrogen (secondary N) is 1. The molecule has 21 heavy (non-hydrogen) atoms. The van der Waals surface area contributed by atoms with Crippen molar-refractivity contribution in [3.8, 4) is 0 Å². The summed E-state index contributed by atoms with van der Waals surface area (Å²) in [4.78, 5) is 11.4. The average molecular weight is 325 g/mol. The first-order valence-electron chi connectivity index (χ1n) is 6.28. The molecule has 1 amide bonds. The fraction of sp³-hybridized carbons (Fsp3) is 0.133. The minimum atomic E-state index is -0.726. The van der Waals surface area contributed by atoms with E-state index >= 15 is 0 Å². The average Bonchev–Trinajstić information content (AvgIpc) is 2.76. The lowest BCUT2D eigenvalue weighted by Gasteiger charge is -2.16. The number of anilines is 1. The van der Waals surface area contributed by atoms with Crippen molar-refractivity contribution in [1.29, 1.82) is 0 Å². The molecule has 1 atom stereocenters. The van der Waals surface area contributed by atoms with Crippen LogP contribution < -0.4 is 11.1 Å². The minimum absolute atomic E-state index is 0.0931. The van der Waals surface area contributed by atoms with Gasteiger partial charge in [-0.3, -0.25) is 4.79 Å². The molecule has 3 N–H and O–H groups in total. The van der Waals surface area contributed by atoms with Crippen molar-refractivity contribution in [2.45, 2.75) is 12.5 Å². The van der Waals surface area contributed by atoms with E-state index in [1.165, 1.54) is 12.1 Å². The summed E-state index contributed by atoms with van der Waals surface area (Å²) in [7, 11) is 0. The molecule has 1 heterocycles. The molecular formula is C15H11Cl2FN2O. The van der Waals surface area contributed by atoms with Gasteiger partial charge in [0.05, 0.1) is 12.5 Å². The first-order valence-corrected chi connectivity index (χ1v) is 7.04. The zero-order valence-electron chi connectivity index (χ0n) is 10.8. The number of fused-ring (bicyclic) bond motifs is 1. The number of carbonyl (C=O) groups is 1. The molecule has 3 rings (SSSR count). The molecule has 0 aromatic heterocycles. The Morgan fingerprint density at radius 3 is 2.67 bits per heavy atom. The van der Waals surface area contributed by atoms with Crippen LogP contribution in [0.3, 0.4) is 0 Å². The molecule has 108 valence electrons. The van der Waals surface area contributed by atoms with E-state index in [0.717, 1.165) is 5.56 Å². The van der Waals surface area contributed by atoms with E-state index < -0.39 is 11.9 Å². The van der Waals surface area contributed by atoms with E-state index in [4.69, 9.17) is 28.9 Å². The molecule has 6 heteroatoms. The van der Waals surface area contributed by atoms with E-state index in [1.807, 2.05) is 0 Å². The lowest BCUT2D eigenvalue weighted by atomic mass is 9.96. The lowest BCUT2D eigenvalue weighted by molar-refractivity contribution is -0.115. The highest BCUT2D eigenvalue weighted by molar-refractivity contribution is 6.32. The summed E-state index contributed by atoms with van der Waals surface area (Å²) >= 11 is 11.9. The lowest BCUT2D eigenvalue weighted by Crippen LogP contribution is -2.14. The molecular weight excluding hydrogens is 314 g/mol. The summed E-state index contributed by atoms with van der Waals surface area (Å²) in [5, 5.41) is 3.40. The van der Waals surface area contributed by atoms with Crippen LogP contribution in [0.4, 0.5) is 10.1 Å². The maximum atomic E-state index is 14.0. The topological polar surface area (TPSA) is 55.1 Å². The molecule has 1 aliphatic rings. The monoisotopic (exact) mass is 324 g/mol. The minimum Gasteiger partial charge on any atom is -0.325 e. The molecule has 3 nitrogen and oxygen atoms in total. The Bertz CT molecular complexity index is 749. The number of halogens is 3. The second-order valence-electron chi connectivity index (χ2n) is 4.90. The smallest absolute Gasteiger partial charge is 0.228 e. The van der Waals surface area contributed by atoms with Crippen LogP contribution in [0.1, 0.15) is 22.7 Å². The Morgan fingerprint density at radius 2 is 1.95 bits per heavy atom. The van der Waals surface area contributed by atoms with Crippen molar-refractivity contribution in [2.75, 3.05) is 5.32 Å². The third-order valence-electron chi connectivity index (χ3n) is 3.48. The second-order valence-corrected chi connectivity index (χ2v) is 5.74. The highest BCUT2D eigenvalue weighted by atomic mass is 35.5. The van der Waals surface area contributed by atoms with Crippen LogP contribution in [0.25, 0.3) is 0 Å². The van der Waals surface area contributed by atoms with Gasteiger partial charge < -0.3 is 11.1 Å². The van der Waals surface area contributed by atoms with Gasteiger partial charge in [0.1, 0.15) is 5.82 Å². The van der Waals surface area contributed by atoms with Gasteiger partial charge in [0.2, 0.25) is 5.91 Å². The molecule has 2 aromatic rings. The van der Waals surface area contributed by atoms with Crippen molar-refractivity contribution in [3.05, 3.63) is 62.9 Å². The maximum Gasteiger partial charge on any atom is 0.228 e. The normalized spacial score (nSPS) is 14.8. The number of hydrogen-bond donors (Lipinski definition) is 2. The van der Waals surface area contributed by atoms with Crippen molar-refractivity contribution in [2.24, 2.45) is 5.73 Å². The van der Waals surface area contributed by atoms with E-state index in [0.29, 0.717) is 26.9 Å². The Hall–Kier alpha value is -1.62. The van der Waals surface area contributed by atoms with Crippen LogP contribution in [-0.2, 0) is 11.2 Å². The van der Waals surface area contributed by atoms with Crippen molar-refractivity contribution < 1.29 is 9.18 Å². The number of nitrogens with two attached hydrogens (primary N) is 1. The fourth-order valence-electron chi connectivity index (χ4n) is 2.43. The maximum absolute atomic E-state index is 14.0. The summed E-state index contributed by atoms with van der Waals surface area (Å²) in [6.07, 6.45) is 0.273. The van der Waals surface area contributed by atoms with Gasteiger partial charge in [-0.2, -0.15) is 0 Å². The van der Waals surface area contributed by atoms with Crippen molar-refractivity contribution in [3.63, 3.8) is 0 Å². The van der Waals surface area contributed by atoms with Gasteiger partial charge in [-0.1, -0.05) is 29.3 Å². The van der Waals surface area contributed by atoms with E-state index in [1.54, 1.807) is 18.2 Å².